The second kappa shape index (κ2) is 6.28. The van der Waals surface area contributed by atoms with Crippen LogP contribution in [0.3, 0.4) is 0 Å². The summed E-state index contributed by atoms with van der Waals surface area (Å²) in [7, 11) is 3.94. The zero-order valence-electron chi connectivity index (χ0n) is 11.1. The average Bonchev–Trinajstić information content (AvgIpc) is 2.35. The van der Waals surface area contributed by atoms with Crippen LogP contribution in [-0.4, -0.2) is 26.2 Å². The third-order valence-corrected chi connectivity index (χ3v) is 2.80. The minimum atomic E-state index is -0.232. The number of ether oxygens (including phenoxy) is 1. The molecule has 0 aromatic heterocycles. The van der Waals surface area contributed by atoms with Crippen molar-refractivity contribution in [3.05, 3.63) is 29.8 Å². The summed E-state index contributed by atoms with van der Waals surface area (Å²) in [6, 6.07) is 7.45. The van der Waals surface area contributed by atoms with Gasteiger partial charge in [0.25, 0.3) is 0 Å². The molecule has 1 aromatic rings. The number of rotatable bonds is 5. The van der Waals surface area contributed by atoms with Gasteiger partial charge in [-0.05, 0) is 37.1 Å². The minimum Gasteiger partial charge on any atom is -0.459 e. The van der Waals surface area contributed by atoms with Crippen molar-refractivity contribution in [3.63, 3.8) is 0 Å². The summed E-state index contributed by atoms with van der Waals surface area (Å²) in [5.74, 6) is -0.232. The molecule has 0 aliphatic rings. The van der Waals surface area contributed by atoms with Gasteiger partial charge < -0.3 is 9.64 Å². The Kier molecular flexibility index (Phi) is 5.01. The summed E-state index contributed by atoms with van der Waals surface area (Å²) in [4.78, 5) is 13.8. The summed E-state index contributed by atoms with van der Waals surface area (Å²) in [6.45, 7) is 4.05. The zero-order chi connectivity index (χ0) is 12.8. The first kappa shape index (κ1) is 13.6. The van der Waals surface area contributed by atoms with E-state index in [1.807, 2.05) is 45.0 Å². The number of benzene rings is 1. The normalized spacial score (nSPS) is 10.4. The molecular weight excluding hydrogens is 214 g/mol. The van der Waals surface area contributed by atoms with E-state index < -0.39 is 0 Å². The lowest BCUT2D eigenvalue weighted by Gasteiger charge is -2.15. The van der Waals surface area contributed by atoms with Gasteiger partial charge in [-0.2, -0.15) is 0 Å². The maximum absolute atomic E-state index is 11.8. The SMILES string of the molecule is CCC(CC)OC(=O)c1ccc(N(C)C)cc1. The fourth-order valence-corrected chi connectivity index (χ4v) is 1.57. The first-order valence-electron chi connectivity index (χ1n) is 6.06. The Morgan fingerprint density at radius 2 is 1.71 bits per heavy atom. The van der Waals surface area contributed by atoms with Gasteiger partial charge in [0.05, 0.1) is 5.56 Å². The Labute approximate surface area is 103 Å². The fraction of sp³-hybridized carbons (Fsp3) is 0.500. The van der Waals surface area contributed by atoms with Crippen molar-refractivity contribution in [1.29, 1.82) is 0 Å². The molecule has 1 aromatic carbocycles. The van der Waals surface area contributed by atoms with Crippen molar-refractivity contribution in [3.8, 4) is 0 Å². The molecule has 3 heteroatoms. The van der Waals surface area contributed by atoms with Crippen molar-refractivity contribution in [2.24, 2.45) is 0 Å². The van der Waals surface area contributed by atoms with E-state index in [0.717, 1.165) is 18.5 Å². The molecule has 0 fully saturated rings. The predicted octanol–water partition coefficient (Wildman–Crippen LogP) is 3.10. The van der Waals surface area contributed by atoms with E-state index in [1.54, 1.807) is 12.1 Å². The van der Waals surface area contributed by atoms with Gasteiger partial charge in [-0.25, -0.2) is 4.79 Å². The highest BCUT2D eigenvalue weighted by atomic mass is 16.5. The van der Waals surface area contributed by atoms with Gasteiger partial charge in [0.1, 0.15) is 6.10 Å². The van der Waals surface area contributed by atoms with E-state index in [4.69, 9.17) is 4.74 Å². The molecule has 0 saturated heterocycles. The van der Waals surface area contributed by atoms with Crippen LogP contribution in [0, 0.1) is 0 Å². The summed E-state index contributed by atoms with van der Waals surface area (Å²) in [6.07, 6.45) is 1.74. The van der Waals surface area contributed by atoms with E-state index in [-0.39, 0.29) is 12.1 Å². The summed E-state index contributed by atoms with van der Waals surface area (Å²) in [5, 5.41) is 0. The summed E-state index contributed by atoms with van der Waals surface area (Å²) in [5.41, 5.74) is 1.69. The molecule has 0 heterocycles. The van der Waals surface area contributed by atoms with Crippen molar-refractivity contribution in [2.45, 2.75) is 32.8 Å². The Hall–Kier alpha value is -1.51. The van der Waals surface area contributed by atoms with Crippen LogP contribution < -0.4 is 4.90 Å². The van der Waals surface area contributed by atoms with Crippen molar-refractivity contribution < 1.29 is 9.53 Å². The van der Waals surface area contributed by atoms with Gasteiger partial charge in [-0.3, -0.25) is 0 Å². The molecule has 0 amide bonds. The van der Waals surface area contributed by atoms with Crippen LogP contribution in [0.5, 0.6) is 0 Å². The maximum Gasteiger partial charge on any atom is 0.338 e. The van der Waals surface area contributed by atoms with Gasteiger partial charge in [-0.1, -0.05) is 13.8 Å². The van der Waals surface area contributed by atoms with E-state index in [1.165, 1.54) is 0 Å². The van der Waals surface area contributed by atoms with Gasteiger partial charge in [0, 0.05) is 19.8 Å². The van der Waals surface area contributed by atoms with Gasteiger partial charge in [0.2, 0.25) is 0 Å². The van der Waals surface area contributed by atoms with Crippen molar-refractivity contribution in [2.75, 3.05) is 19.0 Å². The monoisotopic (exact) mass is 235 g/mol. The fourth-order valence-electron chi connectivity index (χ4n) is 1.57. The zero-order valence-corrected chi connectivity index (χ0v) is 11.1. The van der Waals surface area contributed by atoms with Crippen LogP contribution in [0.15, 0.2) is 24.3 Å². The number of anilines is 1. The van der Waals surface area contributed by atoms with Crippen LogP contribution in [0.25, 0.3) is 0 Å². The smallest absolute Gasteiger partial charge is 0.338 e. The standard InChI is InChI=1S/C14H21NO2/c1-5-13(6-2)17-14(16)11-7-9-12(10-8-11)15(3)4/h7-10,13H,5-6H2,1-4H3. The molecule has 0 unspecified atom stereocenters. The van der Waals surface area contributed by atoms with Crippen molar-refractivity contribution >= 4 is 11.7 Å². The lowest BCUT2D eigenvalue weighted by molar-refractivity contribution is 0.0284. The minimum absolute atomic E-state index is 0.0241. The van der Waals surface area contributed by atoms with E-state index in [2.05, 4.69) is 0 Å². The number of hydrogen-bond donors (Lipinski definition) is 0. The van der Waals surface area contributed by atoms with Gasteiger partial charge >= 0.3 is 5.97 Å². The summed E-state index contributed by atoms with van der Waals surface area (Å²) >= 11 is 0. The molecule has 0 aliphatic carbocycles. The van der Waals surface area contributed by atoms with Crippen LogP contribution in [0.2, 0.25) is 0 Å². The molecule has 0 atom stereocenters. The largest absolute Gasteiger partial charge is 0.459 e. The molecular formula is C14H21NO2. The molecule has 0 spiro atoms. The van der Waals surface area contributed by atoms with E-state index >= 15 is 0 Å². The van der Waals surface area contributed by atoms with E-state index in [0.29, 0.717) is 5.56 Å². The van der Waals surface area contributed by atoms with Crippen LogP contribution in [0.4, 0.5) is 5.69 Å². The Morgan fingerprint density at radius 1 is 1.18 bits per heavy atom. The van der Waals surface area contributed by atoms with Crippen LogP contribution in [-0.2, 0) is 4.74 Å². The Bertz CT molecular complexity index is 353. The number of esters is 1. The highest BCUT2D eigenvalue weighted by Gasteiger charge is 2.12. The van der Waals surface area contributed by atoms with Gasteiger partial charge in [0.15, 0.2) is 0 Å². The lowest BCUT2D eigenvalue weighted by atomic mass is 10.2. The number of carbonyl (C=O) groups excluding carboxylic acids is 1. The highest BCUT2D eigenvalue weighted by Crippen LogP contribution is 2.14. The van der Waals surface area contributed by atoms with E-state index in [9.17, 15) is 4.79 Å². The third-order valence-electron chi connectivity index (χ3n) is 2.80. The molecule has 0 N–H and O–H groups in total. The molecule has 0 bridgehead atoms. The van der Waals surface area contributed by atoms with Crippen LogP contribution in [0.1, 0.15) is 37.0 Å². The molecule has 0 aliphatic heterocycles. The number of hydrogen-bond acceptors (Lipinski definition) is 3. The first-order valence-corrected chi connectivity index (χ1v) is 6.06. The lowest BCUT2D eigenvalue weighted by Crippen LogP contribution is -2.16. The molecule has 0 radical (unpaired) electrons. The topological polar surface area (TPSA) is 29.5 Å². The Balaban J connectivity index is 2.69. The quantitative estimate of drug-likeness (QED) is 0.734. The second-order valence-corrected chi connectivity index (χ2v) is 4.29. The van der Waals surface area contributed by atoms with Gasteiger partial charge in [-0.15, -0.1) is 0 Å². The second-order valence-electron chi connectivity index (χ2n) is 4.29. The molecule has 3 nitrogen and oxygen atoms in total. The molecule has 0 saturated carbocycles. The molecule has 17 heavy (non-hydrogen) atoms. The number of carbonyl (C=O) groups is 1. The molecule has 94 valence electrons. The predicted molar refractivity (Wildman–Crippen MR) is 70.6 cm³/mol. The third kappa shape index (κ3) is 3.77. The first-order chi connectivity index (χ1) is 8.08. The van der Waals surface area contributed by atoms with Crippen LogP contribution >= 0.6 is 0 Å². The number of nitrogens with zero attached hydrogens (tertiary/aromatic N) is 1. The summed E-state index contributed by atoms with van der Waals surface area (Å²) < 4.78 is 5.38. The Morgan fingerprint density at radius 3 is 2.12 bits per heavy atom. The average molecular weight is 235 g/mol. The maximum atomic E-state index is 11.8. The highest BCUT2D eigenvalue weighted by molar-refractivity contribution is 5.89. The molecule has 1 rings (SSSR count). The van der Waals surface area contributed by atoms with Crippen molar-refractivity contribution in [1.82, 2.24) is 0 Å².